The highest BCUT2D eigenvalue weighted by molar-refractivity contribution is 5.96. The van der Waals surface area contributed by atoms with Gasteiger partial charge < -0.3 is 25.2 Å². The molecule has 2 aliphatic rings. The summed E-state index contributed by atoms with van der Waals surface area (Å²) in [5.74, 6) is -0.804. The summed E-state index contributed by atoms with van der Waals surface area (Å²) in [5.41, 5.74) is 1.91. The predicted molar refractivity (Wildman–Crippen MR) is 142 cm³/mol. The lowest BCUT2D eigenvalue weighted by molar-refractivity contribution is -0.138. The molecule has 8 heteroatoms. The normalized spacial score (nSPS) is 21.6. The SMILES string of the molecule is CCCCCCCC(=O)N(Cc1ccc(F)cc1)C1C=C(C(=O)NCCO)C2c3ccccc3OC2C1O. The maximum absolute atomic E-state index is 13.6. The summed E-state index contributed by atoms with van der Waals surface area (Å²) in [6.07, 6.45) is 5.07. The molecule has 204 valence electrons. The average Bonchev–Trinajstić information content (AvgIpc) is 3.32. The van der Waals surface area contributed by atoms with Crippen molar-refractivity contribution < 1.29 is 28.9 Å². The molecular formula is C30H37FN2O5. The van der Waals surface area contributed by atoms with Crippen LogP contribution < -0.4 is 10.1 Å². The average molecular weight is 525 g/mol. The van der Waals surface area contributed by atoms with Gasteiger partial charge in [0.2, 0.25) is 11.8 Å². The Hall–Kier alpha value is -3.23. The van der Waals surface area contributed by atoms with Crippen molar-refractivity contribution in [2.45, 2.75) is 76.2 Å². The maximum atomic E-state index is 13.6. The minimum Gasteiger partial charge on any atom is -0.486 e. The lowest BCUT2D eigenvalue weighted by Gasteiger charge is -2.41. The number of aliphatic hydroxyl groups is 2. The molecule has 2 amide bonds. The molecular weight excluding hydrogens is 487 g/mol. The number of amides is 2. The number of nitrogens with one attached hydrogen (secondary N) is 1. The van der Waals surface area contributed by atoms with E-state index < -0.39 is 24.2 Å². The van der Waals surface area contributed by atoms with Crippen LogP contribution in [0, 0.1) is 5.82 Å². The van der Waals surface area contributed by atoms with Crippen molar-refractivity contribution in [3.8, 4) is 5.75 Å². The first-order chi connectivity index (χ1) is 18.4. The number of carbonyl (C=O) groups is 2. The Labute approximate surface area is 223 Å². The van der Waals surface area contributed by atoms with Gasteiger partial charge in [0.15, 0.2) is 0 Å². The number of unbranched alkanes of at least 4 members (excludes halogenated alkanes) is 4. The second-order valence-electron chi connectivity index (χ2n) is 9.99. The first-order valence-corrected chi connectivity index (χ1v) is 13.5. The minimum atomic E-state index is -1.09. The van der Waals surface area contributed by atoms with Crippen molar-refractivity contribution in [2.24, 2.45) is 0 Å². The van der Waals surface area contributed by atoms with E-state index in [2.05, 4.69) is 12.2 Å². The van der Waals surface area contributed by atoms with Gasteiger partial charge in [0.1, 0.15) is 23.8 Å². The largest absolute Gasteiger partial charge is 0.486 e. The molecule has 0 saturated carbocycles. The fourth-order valence-corrected chi connectivity index (χ4v) is 5.36. The van der Waals surface area contributed by atoms with Crippen molar-refractivity contribution in [1.82, 2.24) is 10.2 Å². The Kier molecular flexibility index (Phi) is 9.53. The first kappa shape index (κ1) is 27.8. The third kappa shape index (κ3) is 6.25. The molecule has 0 radical (unpaired) electrons. The van der Waals surface area contributed by atoms with Gasteiger partial charge in [0.25, 0.3) is 0 Å². The van der Waals surface area contributed by atoms with Crippen LogP contribution in [-0.4, -0.2) is 58.3 Å². The summed E-state index contributed by atoms with van der Waals surface area (Å²) in [4.78, 5) is 28.4. The Bertz CT molecular complexity index is 1140. The van der Waals surface area contributed by atoms with Crippen LogP contribution in [0.1, 0.15) is 62.5 Å². The van der Waals surface area contributed by atoms with Crippen molar-refractivity contribution >= 4 is 11.8 Å². The number of nitrogens with zero attached hydrogens (tertiary/aromatic N) is 1. The Morgan fingerprint density at radius 3 is 2.53 bits per heavy atom. The number of para-hydroxylation sites is 1. The van der Waals surface area contributed by atoms with Crippen LogP contribution in [0.25, 0.3) is 0 Å². The van der Waals surface area contributed by atoms with Gasteiger partial charge in [0, 0.05) is 30.6 Å². The molecule has 0 spiro atoms. The van der Waals surface area contributed by atoms with Crippen LogP contribution in [0.5, 0.6) is 5.75 Å². The number of aliphatic hydroxyl groups excluding tert-OH is 2. The molecule has 0 fully saturated rings. The molecule has 1 aliphatic heterocycles. The molecule has 7 nitrogen and oxygen atoms in total. The van der Waals surface area contributed by atoms with E-state index in [4.69, 9.17) is 4.74 Å². The van der Waals surface area contributed by atoms with E-state index >= 15 is 0 Å². The molecule has 2 aromatic rings. The predicted octanol–water partition coefficient (Wildman–Crippen LogP) is 3.84. The number of ether oxygens (including phenoxy) is 1. The molecule has 0 bridgehead atoms. The number of hydrogen-bond acceptors (Lipinski definition) is 5. The zero-order chi connectivity index (χ0) is 27.1. The van der Waals surface area contributed by atoms with Crippen molar-refractivity contribution in [3.63, 3.8) is 0 Å². The van der Waals surface area contributed by atoms with Crippen molar-refractivity contribution in [2.75, 3.05) is 13.2 Å². The smallest absolute Gasteiger partial charge is 0.247 e. The van der Waals surface area contributed by atoms with Crippen LogP contribution in [0.3, 0.4) is 0 Å². The number of hydrogen-bond donors (Lipinski definition) is 3. The third-order valence-electron chi connectivity index (χ3n) is 7.32. The van der Waals surface area contributed by atoms with Crippen LogP contribution in [0.15, 0.2) is 60.2 Å². The molecule has 4 atom stereocenters. The molecule has 0 saturated heterocycles. The van der Waals surface area contributed by atoms with Crippen LogP contribution in [0.2, 0.25) is 0 Å². The zero-order valence-corrected chi connectivity index (χ0v) is 21.8. The fraction of sp³-hybridized carbons (Fsp3) is 0.467. The number of carbonyl (C=O) groups excluding carboxylic acids is 2. The van der Waals surface area contributed by atoms with Gasteiger partial charge in [-0.1, -0.05) is 62.9 Å². The second-order valence-corrected chi connectivity index (χ2v) is 9.99. The summed E-state index contributed by atoms with van der Waals surface area (Å²) < 4.78 is 19.7. The van der Waals surface area contributed by atoms with E-state index in [1.54, 1.807) is 29.2 Å². The molecule has 1 heterocycles. The van der Waals surface area contributed by atoms with E-state index in [1.807, 2.05) is 18.2 Å². The molecule has 4 rings (SSSR count). The summed E-state index contributed by atoms with van der Waals surface area (Å²) in [6.45, 7) is 2.16. The summed E-state index contributed by atoms with van der Waals surface area (Å²) in [7, 11) is 0. The molecule has 3 N–H and O–H groups in total. The highest BCUT2D eigenvalue weighted by Crippen LogP contribution is 2.47. The van der Waals surface area contributed by atoms with Crippen LogP contribution in [-0.2, 0) is 16.1 Å². The molecule has 0 aromatic heterocycles. The zero-order valence-electron chi connectivity index (χ0n) is 21.8. The standard InChI is InChI=1S/C30H37FN2O5/c1-2-3-4-5-6-11-26(35)33(19-20-12-14-21(31)15-13-20)24-18-23(30(37)32-16-17-34)27-22-9-7-8-10-25(22)38-29(27)28(24)36/h7-10,12-15,18,24,27-29,34,36H,2-6,11,16-17,19H2,1H3,(H,32,37). The molecule has 38 heavy (non-hydrogen) atoms. The first-order valence-electron chi connectivity index (χ1n) is 13.5. The molecule has 2 aromatic carbocycles. The highest BCUT2D eigenvalue weighted by Gasteiger charge is 2.50. The van der Waals surface area contributed by atoms with Crippen molar-refractivity contribution in [1.29, 1.82) is 0 Å². The monoisotopic (exact) mass is 524 g/mol. The fourth-order valence-electron chi connectivity index (χ4n) is 5.36. The highest BCUT2D eigenvalue weighted by atomic mass is 19.1. The molecule has 1 aliphatic carbocycles. The van der Waals surface area contributed by atoms with E-state index in [-0.39, 0.29) is 37.3 Å². The van der Waals surface area contributed by atoms with E-state index in [9.17, 15) is 24.2 Å². The van der Waals surface area contributed by atoms with Crippen LogP contribution in [0.4, 0.5) is 4.39 Å². The van der Waals surface area contributed by atoms with Gasteiger partial charge in [-0.25, -0.2) is 4.39 Å². The number of rotatable bonds is 12. The van der Waals surface area contributed by atoms with Gasteiger partial charge in [0.05, 0.1) is 18.6 Å². The van der Waals surface area contributed by atoms with E-state index in [0.717, 1.165) is 43.2 Å². The number of benzene rings is 2. The number of fused-ring (bicyclic) bond motifs is 3. The van der Waals surface area contributed by atoms with Gasteiger partial charge in [-0.2, -0.15) is 0 Å². The lowest BCUT2D eigenvalue weighted by atomic mass is 9.77. The topological polar surface area (TPSA) is 99.1 Å². The second kappa shape index (κ2) is 13.0. The maximum Gasteiger partial charge on any atom is 0.247 e. The quantitative estimate of drug-likeness (QED) is 0.367. The summed E-state index contributed by atoms with van der Waals surface area (Å²) in [6, 6.07) is 12.5. The Morgan fingerprint density at radius 1 is 1.05 bits per heavy atom. The number of halogens is 1. The van der Waals surface area contributed by atoms with Crippen molar-refractivity contribution in [3.05, 3.63) is 77.1 Å². The summed E-state index contributed by atoms with van der Waals surface area (Å²) in [5, 5.41) is 23.5. The molecule has 4 unspecified atom stereocenters. The van der Waals surface area contributed by atoms with Gasteiger partial charge in [-0.15, -0.1) is 0 Å². The van der Waals surface area contributed by atoms with E-state index in [1.165, 1.54) is 12.1 Å². The lowest BCUT2D eigenvalue weighted by Crippen LogP contribution is -2.55. The summed E-state index contributed by atoms with van der Waals surface area (Å²) >= 11 is 0. The Morgan fingerprint density at radius 2 is 1.79 bits per heavy atom. The van der Waals surface area contributed by atoms with Gasteiger partial charge in [-0.3, -0.25) is 9.59 Å². The Balaban J connectivity index is 1.67. The third-order valence-corrected chi connectivity index (χ3v) is 7.32. The van der Waals surface area contributed by atoms with Gasteiger partial charge >= 0.3 is 0 Å². The minimum absolute atomic E-state index is 0.0826. The van der Waals surface area contributed by atoms with E-state index in [0.29, 0.717) is 17.7 Å². The van der Waals surface area contributed by atoms with Crippen LogP contribution >= 0.6 is 0 Å². The van der Waals surface area contributed by atoms with Gasteiger partial charge in [-0.05, 0) is 36.3 Å².